The number of carboxylic acid groups (broad SMARTS) is 1. The number of ether oxygens (including phenoxy) is 1. The number of sulfone groups is 1. The van der Waals surface area contributed by atoms with Gasteiger partial charge in [-0.2, -0.15) is 0 Å². The number of benzene rings is 1. The van der Waals surface area contributed by atoms with Crippen molar-refractivity contribution in [3.63, 3.8) is 0 Å². The summed E-state index contributed by atoms with van der Waals surface area (Å²) < 4.78 is 28.8. The third kappa shape index (κ3) is 3.65. The van der Waals surface area contributed by atoms with Crippen molar-refractivity contribution in [2.24, 2.45) is 0 Å². The average Bonchev–Trinajstić information content (AvgIpc) is 2.46. The molecule has 0 aliphatic carbocycles. The van der Waals surface area contributed by atoms with Gasteiger partial charge in [0.15, 0.2) is 15.9 Å². The quantitative estimate of drug-likeness (QED) is 0.816. The van der Waals surface area contributed by atoms with Crippen LogP contribution in [0.2, 0.25) is 0 Å². The Kier molecular flexibility index (Phi) is 4.88. The second-order valence-electron chi connectivity index (χ2n) is 4.87. The Labute approximate surface area is 135 Å². The van der Waals surface area contributed by atoms with Crippen LogP contribution in [0.1, 0.15) is 10.4 Å². The minimum atomic E-state index is -3.48. The van der Waals surface area contributed by atoms with E-state index in [1.807, 2.05) is 0 Å². The van der Waals surface area contributed by atoms with Crippen molar-refractivity contribution in [2.75, 3.05) is 26.0 Å². The number of halogens is 1. The van der Waals surface area contributed by atoms with E-state index in [1.165, 1.54) is 23.1 Å². The molecule has 0 aromatic heterocycles. The molecular formula is C13H14BrNO6S. The van der Waals surface area contributed by atoms with Gasteiger partial charge in [-0.15, -0.1) is 0 Å². The van der Waals surface area contributed by atoms with E-state index in [2.05, 4.69) is 15.9 Å². The summed E-state index contributed by atoms with van der Waals surface area (Å²) in [7, 11) is -3.48. The first-order chi connectivity index (χ1) is 10.2. The third-order valence-electron chi connectivity index (χ3n) is 3.21. The van der Waals surface area contributed by atoms with Crippen LogP contribution in [0.25, 0.3) is 0 Å². The largest absolute Gasteiger partial charge is 0.479 e. The molecule has 1 aliphatic heterocycles. The summed E-state index contributed by atoms with van der Waals surface area (Å²) in [5, 5.41) is 8.95. The van der Waals surface area contributed by atoms with Gasteiger partial charge in [0.25, 0.3) is 5.91 Å². The van der Waals surface area contributed by atoms with E-state index in [9.17, 15) is 18.0 Å². The van der Waals surface area contributed by atoms with E-state index in [-0.39, 0.29) is 30.2 Å². The first-order valence-electron chi connectivity index (χ1n) is 6.33. The Morgan fingerprint density at radius 2 is 2.09 bits per heavy atom. The van der Waals surface area contributed by atoms with Crippen molar-refractivity contribution in [2.45, 2.75) is 11.0 Å². The van der Waals surface area contributed by atoms with Crippen molar-refractivity contribution >= 4 is 37.6 Å². The molecule has 0 unspecified atom stereocenters. The molecule has 2 rings (SSSR count). The van der Waals surface area contributed by atoms with E-state index in [4.69, 9.17) is 9.84 Å². The lowest BCUT2D eigenvalue weighted by atomic mass is 10.1. The molecule has 1 heterocycles. The molecule has 1 amide bonds. The number of amides is 1. The van der Waals surface area contributed by atoms with Gasteiger partial charge in [0, 0.05) is 22.8 Å². The summed E-state index contributed by atoms with van der Waals surface area (Å²) in [4.78, 5) is 24.7. The maximum absolute atomic E-state index is 12.4. The maximum atomic E-state index is 12.4. The van der Waals surface area contributed by atoms with Crippen LogP contribution < -0.4 is 0 Å². The van der Waals surface area contributed by atoms with Crippen molar-refractivity contribution in [3.8, 4) is 0 Å². The molecule has 120 valence electrons. The summed E-state index contributed by atoms with van der Waals surface area (Å²) in [6.45, 7) is 0.309. The molecule has 0 spiro atoms. The molecule has 0 saturated carbocycles. The number of nitrogens with zero attached hydrogens (tertiary/aromatic N) is 1. The first kappa shape index (κ1) is 16.9. The maximum Gasteiger partial charge on any atom is 0.334 e. The van der Waals surface area contributed by atoms with Crippen LogP contribution in [0.4, 0.5) is 0 Å². The molecule has 7 nitrogen and oxygen atoms in total. The van der Waals surface area contributed by atoms with Gasteiger partial charge in [-0.05, 0) is 34.1 Å². The van der Waals surface area contributed by atoms with Crippen LogP contribution in [0, 0.1) is 0 Å². The molecule has 1 atom stereocenters. The van der Waals surface area contributed by atoms with Gasteiger partial charge in [0.1, 0.15) is 0 Å². The van der Waals surface area contributed by atoms with Crippen LogP contribution in [-0.2, 0) is 19.4 Å². The van der Waals surface area contributed by atoms with Gasteiger partial charge in [-0.25, -0.2) is 13.2 Å². The Bertz CT molecular complexity index is 717. The van der Waals surface area contributed by atoms with Gasteiger partial charge < -0.3 is 14.7 Å². The fourth-order valence-electron chi connectivity index (χ4n) is 2.09. The molecule has 9 heteroatoms. The smallest absolute Gasteiger partial charge is 0.334 e. The molecule has 1 aromatic carbocycles. The highest BCUT2D eigenvalue weighted by Crippen LogP contribution is 2.24. The van der Waals surface area contributed by atoms with Crippen molar-refractivity contribution < 1.29 is 27.9 Å². The number of carboxylic acids is 1. The zero-order chi connectivity index (χ0) is 16.5. The van der Waals surface area contributed by atoms with Gasteiger partial charge in [0.2, 0.25) is 0 Å². The second kappa shape index (κ2) is 6.35. The van der Waals surface area contributed by atoms with Crippen LogP contribution in [0.5, 0.6) is 0 Å². The molecule has 0 radical (unpaired) electrons. The topological polar surface area (TPSA) is 101 Å². The fraction of sp³-hybridized carbons (Fsp3) is 0.385. The minimum Gasteiger partial charge on any atom is -0.479 e. The van der Waals surface area contributed by atoms with Crippen LogP contribution in [-0.4, -0.2) is 62.4 Å². The SMILES string of the molecule is CS(=O)(=O)c1cc(C(=O)N2CCO[C@@H](C(=O)O)C2)ccc1Br. The molecule has 1 aromatic rings. The van der Waals surface area contributed by atoms with Crippen LogP contribution in [0.15, 0.2) is 27.6 Å². The van der Waals surface area contributed by atoms with E-state index >= 15 is 0 Å². The predicted octanol–water partition coefficient (Wildman–Crippen LogP) is 0.778. The van der Waals surface area contributed by atoms with Crippen LogP contribution >= 0.6 is 15.9 Å². The molecule has 1 saturated heterocycles. The molecule has 1 fully saturated rings. The molecule has 0 bridgehead atoms. The number of carbonyl (C=O) groups excluding carboxylic acids is 1. The third-order valence-corrected chi connectivity index (χ3v) is 5.30. The number of hydrogen-bond acceptors (Lipinski definition) is 5. The van der Waals surface area contributed by atoms with Gasteiger partial charge in [0.05, 0.1) is 18.0 Å². The highest BCUT2D eigenvalue weighted by Gasteiger charge is 2.30. The molecular weight excluding hydrogens is 378 g/mol. The molecule has 1 aliphatic rings. The van der Waals surface area contributed by atoms with Crippen molar-refractivity contribution in [1.82, 2.24) is 4.90 Å². The summed E-state index contributed by atoms with van der Waals surface area (Å²) in [5.41, 5.74) is 0.190. The minimum absolute atomic E-state index is 0.0152. The normalized spacial score (nSPS) is 19.0. The highest BCUT2D eigenvalue weighted by molar-refractivity contribution is 9.10. The zero-order valence-corrected chi connectivity index (χ0v) is 14.1. The summed E-state index contributed by atoms with van der Waals surface area (Å²) in [6, 6.07) is 4.26. The predicted molar refractivity (Wildman–Crippen MR) is 80.5 cm³/mol. The zero-order valence-electron chi connectivity index (χ0n) is 11.7. The van der Waals surface area contributed by atoms with E-state index in [0.717, 1.165) is 6.26 Å². The Hall–Kier alpha value is -1.45. The van der Waals surface area contributed by atoms with E-state index in [1.54, 1.807) is 0 Å². The Morgan fingerprint density at radius 3 is 2.68 bits per heavy atom. The van der Waals surface area contributed by atoms with Crippen LogP contribution in [0.3, 0.4) is 0 Å². The standard InChI is InChI=1S/C13H14BrNO6S/c1-22(19,20)11-6-8(2-3-9(11)14)12(16)15-4-5-21-10(7-15)13(17)18/h2-3,6,10H,4-5,7H2,1H3,(H,17,18)/t10-/m1/s1. The van der Waals surface area contributed by atoms with E-state index in [0.29, 0.717) is 4.47 Å². The summed E-state index contributed by atoms with van der Waals surface area (Å²) in [5.74, 6) is -1.56. The lowest BCUT2D eigenvalue weighted by Gasteiger charge is -2.31. The van der Waals surface area contributed by atoms with Gasteiger partial charge in [-0.1, -0.05) is 0 Å². The second-order valence-corrected chi connectivity index (χ2v) is 7.70. The Balaban J connectivity index is 2.28. The Morgan fingerprint density at radius 1 is 1.41 bits per heavy atom. The average molecular weight is 392 g/mol. The lowest BCUT2D eigenvalue weighted by molar-refractivity contribution is -0.154. The number of hydrogen-bond donors (Lipinski definition) is 1. The fourth-order valence-corrected chi connectivity index (χ4v) is 3.98. The summed E-state index contributed by atoms with van der Waals surface area (Å²) >= 11 is 3.14. The number of rotatable bonds is 3. The lowest BCUT2D eigenvalue weighted by Crippen LogP contribution is -2.48. The highest BCUT2D eigenvalue weighted by atomic mass is 79.9. The number of morpholine rings is 1. The van der Waals surface area contributed by atoms with Gasteiger partial charge in [-0.3, -0.25) is 4.79 Å². The number of carbonyl (C=O) groups is 2. The van der Waals surface area contributed by atoms with Crippen molar-refractivity contribution in [1.29, 1.82) is 0 Å². The number of aliphatic carboxylic acids is 1. The monoisotopic (exact) mass is 391 g/mol. The van der Waals surface area contributed by atoms with Gasteiger partial charge >= 0.3 is 5.97 Å². The van der Waals surface area contributed by atoms with E-state index < -0.39 is 27.8 Å². The molecule has 22 heavy (non-hydrogen) atoms. The first-order valence-corrected chi connectivity index (χ1v) is 9.02. The summed E-state index contributed by atoms with van der Waals surface area (Å²) in [6.07, 6.45) is -0.0150. The molecule has 1 N–H and O–H groups in total. The van der Waals surface area contributed by atoms with Crippen molar-refractivity contribution in [3.05, 3.63) is 28.2 Å².